The number of aromatic nitrogens is 2. The molecule has 0 bridgehead atoms. The number of carboxylic acid groups (broad SMARTS) is 1. The van der Waals surface area contributed by atoms with E-state index in [2.05, 4.69) is 15.5 Å². The van der Waals surface area contributed by atoms with Gasteiger partial charge in [-0.05, 0) is 24.6 Å². The molecule has 4 rings (SSSR count). The van der Waals surface area contributed by atoms with Crippen molar-refractivity contribution < 1.29 is 24.4 Å². The first-order valence-corrected chi connectivity index (χ1v) is 12.0. The van der Waals surface area contributed by atoms with Crippen LogP contribution in [0.5, 0.6) is 0 Å². The topological polar surface area (TPSA) is 156 Å². The van der Waals surface area contributed by atoms with Gasteiger partial charge in [0.25, 0.3) is 17.5 Å². The minimum atomic E-state index is -1.20. The Hall–Kier alpha value is -2.97. The Morgan fingerprint density at radius 2 is 2.06 bits per heavy atom. The van der Waals surface area contributed by atoms with Crippen LogP contribution in [-0.4, -0.2) is 65.8 Å². The lowest BCUT2D eigenvalue weighted by molar-refractivity contribution is -0.384. The number of nitrogens with one attached hydrogen (secondary N) is 1. The number of carbonyl (C=O) groups is 3. The van der Waals surface area contributed by atoms with Crippen molar-refractivity contribution in [2.75, 3.05) is 11.5 Å². The number of carboxylic acids is 1. The molecule has 2 amide bonds. The van der Waals surface area contributed by atoms with Gasteiger partial charge in [-0.25, -0.2) is 4.79 Å². The molecule has 2 N–H and O–H groups in total. The van der Waals surface area contributed by atoms with Gasteiger partial charge in [-0.3, -0.25) is 24.6 Å². The summed E-state index contributed by atoms with van der Waals surface area (Å²) in [5.41, 5.74) is 0.556. The highest BCUT2D eigenvalue weighted by Crippen LogP contribution is 2.41. The first-order chi connectivity index (χ1) is 15.3. The number of nitrogens with zero attached hydrogens (tertiary/aromatic N) is 4. The number of hydrogen-bond acceptors (Lipinski definition) is 10. The number of aliphatic carboxylic acids is 1. The van der Waals surface area contributed by atoms with E-state index in [0.717, 1.165) is 9.35 Å². The van der Waals surface area contributed by atoms with E-state index in [0.29, 0.717) is 17.1 Å². The van der Waals surface area contributed by atoms with Crippen molar-refractivity contribution in [1.82, 2.24) is 20.4 Å². The largest absolute Gasteiger partial charge is 0.477 e. The summed E-state index contributed by atoms with van der Waals surface area (Å²) in [6.07, 6.45) is 0. The maximum Gasteiger partial charge on any atom is 0.352 e. The van der Waals surface area contributed by atoms with Gasteiger partial charge in [0.15, 0.2) is 4.34 Å². The van der Waals surface area contributed by atoms with Crippen molar-refractivity contribution in [2.24, 2.45) is 0 Å². The van der Waals surface area contributed by atoms with Gasteiger partial charge in [-0.15, -0.1) is 22.0 Å². The second kappa shape index (κ2) is 8.88. The highest BCUT2D eigenvalue weighted by molar-refractivity contribution is 8.01. The van der Waals surface area contributed by atoms with Crippen LogP contribution < -0.4 is 5.32 Å². The lowest BCUT2D eigenvalue weighted by atomic mass is 10.0. The summed E-state index contributed by atoms with van der Waals surface area (Å²) in [5.74, 6) is -1.52. The molecule has 11 nitrogen and oxygen atoms in total. The number of non-ortho nitro benzene ring substituents is 1. The Morgan fingerprint density at radius 3 is 2.66 bits per heavy atom. The molecule has 2 aromatic rings. The summed E-state index contributed by atoms with van der Waals surface area (Å²) in [6, 6.07) is 4.13. The van der Waals surface area contributed by atoms with E-state index in [1.807, 2.05) is 6.92 Å². The number of aryl methyl sites for hydroxylation is 1. The summed E-state index contributed by atoms with van der Waals surface area (Å²) < 4.78 is 0.718. The number of nitro benzene ring substituents is 1. The van der Waals surface area contributed by atoms with E-state index < -0.39 is 34.1 Å². The lowest BCUT2D eigenvalue weighted by Crippen LogP contribution is -2.70. The van der Waals surface area contributed by atoms with Crippen LogP contribution in [0.2, 0.25) is 0 Å². The van der Waals surface area contributed by atoms with E-state index in [9.17, 15) is 29.6 Å². The molecule has 1 aromatic heterocycles. The van der Waals surface area contributed by atoms with Crippen LogP contribution in [0, 0.1) is 17.0 Å². The van der Waals surface area contributed by atoms with Crippen molar-refractivity contribution in [3.8, 4) is 0 Å². The lowest BCUT2D eigenvalue weighted by Gasteiger charge is -2.49. The highest BCUT2D eigenvalue weighted by atomic mass is 32.2. The van der Waals surface area contributed by atoms with Crippen LogP contribution in [-0.2, 0) is 9.59 Å². The maximum absolute atomic E-state index is 12.7. The first kappa shape index (κ1) is 22.2. The van der Waals surface area contributed by atoms with Gasteiger partial charge in [-0.2, -0.15) is 0 Å². The monoisotopic (exact) mass is 493 g/mol. The Morgan fingerprint density at radius 1 is 1.34 bits per heavy atom. The number of β-lactam (4-membered cyclic amide) rings is 1. The fraction of sp³-hybridized carbons (Fsp3) is 0.278. The average molecular weight is 494 g/mol. The van der Waals surface area contributed by atoms with Crippen LogP contribution in [0.1, 0.15) is 15.4 Å². The Labute approximate surface area is 193 Å². The third kappa shape index (κ3) is 4.20. The molecule has 2 aliphatic heterocycles. The fourth-order valence-corrected chi connectivity index (χ4v) is 6.54. The molecule has 0 spiro atoms. The Bertz CT molecular complexity index is 1150. The van der Waals surface area contributed by atoms with Crippen LogP contribution in [0.4, 0.5) is 5.69 Å². The smallest absolute Gasteiger partial charge is 0.352 e. The normalized spacial score (nSPS) is 19.9. The molecule has 2 atom stereocenters. The summed E-state index contributed by atoms with van der Waals surface area (Å²) in [5, 5.41) is 31.3. The van der Waals surface area contributed by atoms with Gasteiger partial charge >= 0.3 is 5.97 Å². The predicted molar refractivity (Wildman–Crippen MR) is 117 cm³/mol. The second-order valence-electron chi connectivity index (χ2n) is 6.80. The maximum atomic E-state index is 12.7. The first-order valence-electron chi connectivity index (χ1n) is 9.14. The number of nitro groups is 1. The van der Waals surface area contributed by atoms with Crippen LogP contribution in [0.15, 0.2) is 39.9 Å². The number of thioether (sulfide) groups is 2. The molecular weight excluding hydrogens is 478 g/mol. The van der Waals surface area contributed by atoms with Crippen LogP contribution >= 0.6 is 34.9 Å². The van der Waals surface area contributed by atoms with Crippen molar-refractivity contribution in [3.63, 3.8) is 0 Å². The second-order valence-corrected chi connectivity index (χ2v) is 10.3. The summed E-state index contributed by atoms with van der Waals surface area (Å²) in [6.45, 7) is 1.83. The highest BCUT2D eigenvalue weighted by Gasteiger charge is 2.54. The number of amides is 2. The van der Waals surface area contributed by atoms with Crippen molar-refractivity contribution in [2.45, 2.75) is 22.7 Å². The predicted octanol–water partition coefficient (Wildman–Crippen LogP) is 1.90. The molecule has 14 heteroatoms. The Kier molecular flexibility index (Phi) is 6.17. The molecule has 0 unspecified atom stereocenters. The SMILES string of the molecule is Cc1nnc(SCC2=C(C(=O)O)N3C(=O)[C@H](NC(=O)c4ccc([N+](=O)[O-])cc4)[C@@H]3SC2)s1. The van der Waals surface area contributed by atoms with Crippen molar-refractivity contribution in [1.29, 1.82) is 0 Å². The number of fused-ring (bicyclic) bond motifs is 1. The molecule has 166 valence electrons. The number of rotatable bonds is 7. The molecule has 32 heavy (non-hydrogen) atoms. The number of carbonyl (C=O) groups excluding carboxylic acids is 2. The number of hydrogen-bond donors (Lipinski definition) is 2. The van der Waals surface area contributed by atoms with E-state index in [1.165, 1.54) is 64.0 Å². The molecule has 0 aliphatic carbocycles. The van der Waals surface area contributed by atoms with E-state index in [4.69, 9.17) is 0 Å². The zero-order valence-electron chi connectivity index (χ0n) is 16.4. The fourth-order valence-electron chi connectivity index (χ4n) is 3.24. The van der Waals surface area contributed by atoms with E-state index in [-0.39, 0.29) is 16.9 Å². The van der Waals surface area contributed by atoms with Gasteiger partial charge in [0.05, 0.1) is 4.92 Å². The van der Waals surface area contributed by atoms with Gasteiger partial charge < -0.3 is 10.4 Å². The minimum absolute atomic E-state index is 0.0617. The molecule has 1 aromatic carbocycles. The van der Waals surface area contributed by atoms with Crippen LogP contribution in [0.25, 0.3) is 0 Å². The van der Waals surface area contributed by atoms with Crippen molar-refractivity contribution >= 4 is 58.3 Å². The minimum Gasteiger partial charge on any atom is -0.477 e. The van der Waals surface area contributed by atoms with E-state index >= 15 is 0 Å². The average Bonchev–Trinajstić information content (AvgIpc) is 3.20. The zero-order valence-corrected chi connectivity index (χ0v) is 18.8. The van der Waals surface area contributed by atoms with Gasteiger partial charge in [0.2, 0.25) is 0 Å². The summed E-state index contributed by atoms with van der Waals surface area (Å²) >= 11 is 4.14. The molecule has 0 saturated carbocycles. The summed E-state index contributed by atoms with van der Waals surface area (Å²) in [7, 11) is 0. The quantitative estimate of drug-likeness (QED) is 0.253. The molecule has 1 fully saturated rings. The zero-order chi connectivity index (χ0) is 23.0. The number of benzene rings is 1. The summed E-state index contributed by atoms with van der Waals surface area (Å²) in [4.78, 5) is 48.5. The molecule has 0 radical (unpaired) electrons. The molecule has 3 heterocycles. The van der Waals surface area contributed by atoms with E-state index in [1.54, 1.807) is 0 Å². The molecular formula is C18H15N5O6S3. The molecule has 2 aliphatic rings. The third-order valence-electron chi connectivity index (χ3n) is 4.75. The van der Waals surface area contributed by atoms with Gasteiger partial charge in [0.1, 0.15) is 22.1 Å². The third-order valence-corrected chi connectivity index (χ3v) is 8.15. The van der Waals surface area contributed by atoms with Crippen LogP contribution in [0.3, 0.4) is 0 Å². The Balaban J connectivity index is 1.46. The van der Waals surface area contributed by atoms with Gasteiger partial charge in [0, 0.05) is 29.2 Å². The standard InChI is InChI=1S/C18H15N5O6S3/c1-8-20-21-18(32-8)31-7-10-6-30-16-12(15(25)22(16)13(10)17(26)27)19-14(24)9-2-4-11(5-3-9)23(28)29/h2-5,12,16H,6-7H2,1H3,(H,19,24)(H,26,27)/t12-,16-/m0/s1. The molecule has 1 saturated heterocycles. The van der Waals surface area contributed by atoms with Crippen molar-refractivity contribution in [3.05, 3.63) is 56.2 Å². The van der Waals surface area contributed by atoms with Gasteiger partial charge in [-0.1, -0.05) is 23.1 Å².